The lowest BCUT2D eigenvalue weighted by Gasteiger charge is -2.36. The van der Waals surface area contributed by atoms with Crippen LogP contribution in [0.25, 0.3) is 5.65 Å². The topological polar surface area (TPSA) is 87.0 Å². The average Bonchev–Trinajstić information content (AvgIpc) is 2.54. The van der Waals surface area contributed by atoms with Gasteiger partial charge in [0.25, 0.3) is 15.7 Å². The summed E-state index contributed by atoms with van der Waals surface area (Å²) in [6.45, 7) is 13.0. The minimum atomic E-state index is -3.54. The number of pyridine rings is 1. The van der Waals surface area contributed by atoms with E-state index in [0.717, 1.165) is 11.8 Å². The van der Waals surface area contributed by atoms with Crippen molar-refractivity contribution in [3.63, 3.8) is 0 Å². The fraction of sp³-hybridized carbons (Fsp3) is 0.579. The maximum absolute atomic E-state index is 12.9. The molecule has 0 aliphatic carbocycles. The van der Waals surface area contributed by atoms with Crippen molar-refractivity contribution in [1.82, 2.24) is 9.38 Å². The Bertz CT molecular complexity index is 1020. The van der Waals surface area contributed by atoms with Crippen LogP contribution in [0.3, 0.4) is 0 Å². The second kappa shape index (κ2) is 8.06. The van der Waals surface area contributed by atoms with Gasteiger partial charge in [-0.1, -0.05) is 26.8 Å². The van der Waals surface area contributed by atoms with E-state index in [1.807, 2.05) is 6.07 Å². The predicted molar refractivity (Wildman–Crippen MR) is 113 cm³/mol. The monoisotopic (exact) mass is 426 g/mol. The molecule has 0 aromatic carbocycles. The third-order valence-electron chi connectivity index (χ3n) is 5.28. The van der Waals surface area contributed by atoms with Gasteiger partial charge >= 0.3 is 0 Å². The Morgan fingerprint density at radius 1 is 1.25 bits per heavy atom. The van der Waals surface area contributed by atoms with Gasteiger partial charge in [-0.05, 0) is 31.1 Å². The molecule has 0 aliphatic heterocycles. The largest absolute Gasteiger partial charge is 0.412 e. The fourth-order valence-electron chi connectivity index (χ4n) is 2.53. The molecule has 9 heteroatoms. The van der Waals surface area contributed by atoms with E-state index in [1.165, 1.54) is 4.40 Å². The van der Waals surface area contributed by atoms with Crippen LogP contribution < -0.4 is 5.56 Å². The summed E-state index contributed by atoms with van der Waals surface area (Å²) < 4.78 is 34.8. The number of nitrogens with zero attached hydrogens (tertiary/aromatic N) is 2. The highest BCUT2D eigenvalue weighted by Gasteiger charge is 2.37. The van der Waals surface area contributed by atoms with Crippen LogP contribution in [0.4, 0.5) is 0 Å². The Morgan fingerprint density at radius 2 is 1.89 bits per heavy atom. The Hall–Kier alpha value is -1.55. The fourth-order valence-corrected chi connectivity index (χ4v) is 3.87. The lowest BCUT2D eigenvalue weighted by molar-refractivity contribution is 0.277. The van der Waals surface area contributed by atoms with Gasteiger partial charge in [0.05, 0.1) is 19.5 Å². The minimum Gasteiger partial charge on any atom is -0.412 e. The van der Waals surface area contributed by atoms with Crippen molar-refractivity contribution >= 4 is 24.1 Å². The zero-order valence-electron chi connectivity index (χ0n) is 17.7. The van der Waals surface area contributed by atoms with Crippen LogP contribution in [-0.2, 0) is 31.8 Å². The van der Waals surface area contributed by atoms with E-state index < -0.39 is 18.4 Å². The molecule has 2 aromatic rings. The summed E-state index contributed by atoms with van der Waals surface area (Å²) in [7, 11) is -5.48. The molecule has 0 amide bonds. The minimum absolute atomic E-state index is 0.0865. The van der Waals surface area contributed by atoms with Gasteiger partial charge < -0.3 is 4.43 Å². The SMILES string of the molecule is Cc1nc2c(CO[Si](C)(C)C(C)(C)C)cccn2c(=O)c1CCOS(C)(=O)=O. The van der Waals surface area contributed by atoms with Gasteiger partial charge in [-0.25, -0.2) is 4.98 Å². The Balaban J connectivity index is 2.36. The molecule has 2 heterocycles. The number of rotatable bonds is 7. The van der Waals surface area contributed by atoms with Crippen molar-refractivity contribution in [2.24, 2.45) is 0 Å². The molecule has 0 radical (unpaired) electrons. The highest BCUT2D eigenvalue weighted by Crippen LogP contribution is 2.37. The summed E-state index contributed by atoms with van der Waals surface area (Å²) in [5.74, 6) is 0. The maximum Gasteiger partial charge on any atom is 0.264 e. The first-order chi connectivity index (χ1) is 12.7. The molecule has 2 rings (SSSR count). The summed E-state index contributed by atoms with van der Waals surface area (Å²) in [5, 5.41) is 0.0878. The molecule has 156 valence electrons. The van der Waals surface area contributed by atoms with Gasteiger partial charge in [-0.3, -0.25) is 13.4 Å². The van der Waals surface area contributed by atoms with Crippen molar-refractivity contribution < 1.29 is 17.0 Å². The van der Waals surface area contributed by atoms with Crippen LogP contribution in [0.2, 0.25) is 18.1 Å². The summed E-state index contributed by atoms with van der Waals surface area (Å²) in [6, 6.07) is 3.72. The Morgan fingerprint density at radius 3 is 2.46 bits per heavy atom. The van der Waals surface area contributed by atoms with Crippen LogP contribution in [0, 0.1) is 6.92 Å². The van der Waals surface area contributed by atoms with E-state index in [4.69, 9.17) is 8.61 Å². The van der Waals surface area contributed by atoms with Crippen LogP contribution in [0.15, 0.2) is 23.1 Å². The van der Waals surface area contributed by atoms with E-state index in [-0.39, 0.29) is 23.6 Å². The second-order valence-electron chi connectivity index (χ2n) is 8.53. The molecule has 0 spiro atoms. The van der Waals surface area contributed by atoms with Crippen molar-refractivity contribution in [1.29, 1.82) is 0 Å². The van der Waals surface area contributed by atoms with E-state index in [9.17, 15) is 13.2 Å². The smallest absolute Gasteiger partial charge is 0.264 e. The van der Waals surface area contributed by atoms with Gasteiger partial charge in [-0.2, -0.15) is 8.42 Å². The van der Waals surface area contributed by atoms with E-state index >= 15 is 0 Å². The number of fused-ring (bicyclic) bond motifs is 1. The summed E-state index contributed by atoms with van der Waals surface area (Å²) in [5.41, 5.74) is 2.22. The number of aromatic nitrogens is 2. The molecule has 0 unspecified atom stereocenters. The van der Waals surface area contributed by atoms with Crippen LogP contribution >= 0.6 is 0 Å². The first-order valence-corrected chi connectivity index (χ1v) is 13.9. The lowest BCUT2D eigenvalue weighted by atomic mass is 10.1. The Kier molecular flexibility index (Phi) is 6.54. The highest BCUT2D eigenvalue weighted by atomic mass is 32.2. The predicted octanol–water partition coefficient (Wildman–Crippen LogP) is 3.04. The molecule has 0 N–H and O–H groups in total. The van der Waals surface area contributed by atoms with Gasteiger partial charge in [0.2, 0.25) is 0 Å². The van der Waals surface area contributed by atoms with Crippen LogP contribution in [0.5, 0.6) is 0 Å². The van der Waals surface area contributed by atoms with Gasteiger partial charge in [-0.15, -0.1) is 0 Å². The molecule has 2 aromatic heterocycles. The maximum atomic E-state index is 12.9. The van der Waals surface area contributed by atoms with E-state index in [1.54, 1.807) is 19.2 Å². The Labute approximate surface area is 168 Å². The summed E-state index contributed by atoms with van der Waals surface area (Å²) >= 11 is 0. The highest BCUT2D eigenvalue weighted by molar-refractivity contribution is 7.85. The van der Waals surface area contributed by atoms with Gasteiger partial charge in [0, 0.05) is 29.4 Å². The third kappa shape index (κ3) is 5.28. The number of hydrogen-bond donors (Lipinski definition) is 0. The van der Waals surface area contributed by atoms with Crippen molar-refractivity contribution in [2.75, 3.05) is 12.9 Å². The molecule has 0 aliphatic rings. The van der Waals surface area contributed by atoms with Crippen molar-refractivity contribution in [2.45, 2.75) is 58.9 Å². The van der Waals surface area contributed by atoms with Gasteiger partial charge in [0.15, 0.2) is 8.32 Å². The molecule has 0 saturated heterocycles. The molecule has 28 heavy (non-hydrogen) atoms. The van der Waals surface area contributed by atoms with E-state index in [0.29, 0.717) is 23.5 Å². The summed E-state index contributed by atoms with van der Waals surface area (Å²) in [6.07, 6.45) is 2.83. The molecular weight excluding hydrogens is 396 g/mol. The quantitative estimate of drug-likeness (QED) is 0.500. The van der Waals surface area contributed by atoms with Crippen LogP contribution in [-0.4, -0.2) is 39.0 Å². The van der Waals surface area contributed by atoms with Crippen molar-refractivity contribution in [3.8, 4) is 0 Å². The molecule has 0 bridgehead atoms. The molecular formula is C19H30N2O5SSi. The standard InChI is InChI=1S/C19H30N2O5SSi/c1-14-16(10-12-25-27(5,23)24)18(22)21-11-8-9-15(17(21)20-14)13-26-28(6,7)19(2,3)4/h8-9,11H,10,12-13H2,1-7H3. The molecule has 7 nitrogen and oxygen atoms in total. The van der Waals surface area contributed by atoms with Crippen LogP contribution in [0.1, 0.15) is 37.6 Å². The molecule has 0 saturated carbocycles. The van der Waals surface area contributed by atoms with E-state index in [2.05, 4.69) is 38.8 Å². The number of hydrogen-bond acceptors (Lipinski definition) is 6. The normalized spacial score (nSPS) is 13.2. The lowest BCUT2D eigenvalue weighted by Crippen LogP contribution is -2.40. The third-order valence-corrected chi connectivity index (χ3v) is 10.4. The average molecular weight is 427 g/mol. The molecule has 0 fully saturated rings. The zero-order chi connectivity index (χ0) is 21.3. The first kappa shape index (κ1) is 22.7. The van der Waals surface area contributed by atoms with Gasteiger partial charge in [0.1, 0.15) is 5.65 Å². The zero-order valence-corrected chi connectivity index (χ0v) is 19.5. The number of aryl methyl sites for hydroxylation is 1. The summed E-state index contributed by atoms with van der Waals surface area (Å²) in [4.78, 5) is 17.5. The molecule has 0 atom stereocenters. The van der Waals surface area contributed by atoms with Crippen molar-refractivity contribution in [3.05, 3.63) is 45.5 Å². The second-order valence-corrected chi connectivity index (χ2v) is 15.0. The first-order valence-electron chi connectivity index (χ1n) is 9.21.